The first-order chi connectivity index (χ1) is 21.4. The van der Waals surface area contributed by atoms with Crippen LogP contribution in [0.3, 0.4) is 0 Å². The highest BCUT2D eigenvalue weighted by atomic mass is 31.2. The molecule has 1 aliphatic rings. The van der Waals surface area contributed by atoms with Crippen LogP contribution in [0.15, 0.2) is 73.6 Å². The SMILES string of the molecule is C=C/C=C(\C=C)COCNP(=O)(OCC1CC(CCOC)C(n2cnc3c(OC)nc(N)nc32)O1)Oc1ccccc1.C=O. The summed E-state index contributed by atoms with van der Waals surface area (Å²) in [6.45, 7) is 10.1. The molecule has 0 saturated carbocycles. The topological polar surface area (TPSA) is 171 Å². The van der Waals surface area contributed by atoms with Gasteiger partial charge in [0.15, 0.2) is 11.2 Å². The number of aromatic nitrogens is 4. The number of nitrogens with one attached hydrogen (secondary N) is 1. The number of fused-ring (bicyclic) bond motifs is 1. The standard InChI is InChI=1S/C28H37N6O7P.CH2O/c1-5-10-20(6-2)16-38-19-31-42(35,41-22-11-8-7-9-12-22)39-17-23-15-21(13-14-36-3)27(40-23)34-18-30-24-25(34)32-28(29)33-26(24)37-4;1-2/h5-12,18,21,23,27H,1-2,13-17,19H2,3-4H3,(H,31,35)(H2,29,32,33);1H2/b20-10+;. The maximum atomic E-state index is 13.8. The van der Waals surface area contributed by atoms with Gasteiger partial charge >= 0.3 is 7.75 Å². The van der Waals surface area contributed by atoms with Gasteiger partial charge < -0.3 is 34.0 Å². The van der Waals surface area contributed by atoms with Gasteiger partial charge in [-0.25, -0.2) is 9.55 Å². The average Bonchev–Trinajstić information content (AvgIpc) is 3.65. The van der Waals surface area contributed by atoms with E-state index in [4.69, 9.17) is 38.5 Å². The van der Waals surface area contributed by atoms with Crippen LogP contribution in [0.5, 0.6) is 11.6 Å². The molecule has 15 heteroatoms. The molecule has 44 heavy (non-hydrogen) atoms. The summed E-state index contributed by atoms with van der Waals surface area (Å²) < 4.78 is 50.0. The highest BCUT2D eigenvalue weighted by Crippen LogP contribution is 2.46. The number of anilines is 1. The number of hydrogen-bond acceptors (Lipinski definition) is 12. The number of nitrogens with two attached hydrogens (primary N) is 1. The Bertz CT molecular complexity index is 1440. The van der Waals surface area contributed by atoms with Crippen molar-refractivity contribution in [3.8, 4) is 11.6 Å². The van der Waals surface area contributed by atoms with E-state index in [1.54, 1.807) is 60.5 Å². The summed E-state index contributed by atoms with van der Waals surface area (Å²) in [5.41, 5.74) is 7.68. The van der Waals surface area contributed by atoms with Crippen molar-refractivity contribution in [3.05, 3.63) is 73.6 Å². The Labute approximate surface area is 256 Å². The lowest BCUT2D eigenvalue weighted by Crippen LogP contribution is -2.24. The van der Waals surface area contributed by atoms with E-state index in [0.717, 1.165) is 5.57 Å². The van der Waals surface area contributed by atoms with Crippen LogP contribution < -0.4 is 20.1 Å². The predicted molar refractivity (Wildman–Crippen MR) is 165 cm³/mol. The molecule has 0 bridgehead atoms. The van der Waals surface area contributed by atoms with E-state index in [9.17, 15) is 4.57 Å². The van der Waals surface area contributed by atoms with Crippen molar-refractivity contribution in [1.82, 2.24) is 24.6 Å². The quantitative estimate of drug-likeness (QED) is 0.0940. The lowest BCUT2D eigenvalue weighted by molar-refractivity contribution is -0.0980. The molecule has 0 amide bonds. The number of methoxy groups -OCH3 is 2. The van der Waals surface area contributed by atoms with Crippen molar-refractivity contribution in [2.24, 2.45) is 5.92 Å². The zero-order valence-corrected chi connectivity index (χ0v) is 25.8. The van der Waals surface area contributed by atoms with E-state index in [1.165, 1.54) is 7.11 Å². The predicted octanol–water partition coefficient (Wildman–Crippen LogP) is 4.24. The molecule has 0 radical (unpaired) electrons. The highest BCUT2D eigenvalue weighted by Gasteiger charge is 2.39. The molecule has 4 unspecified atom stereocenters. The lowest BCUT2D eigenvalue weighted by atomic mass is 10.00. The number of hydrogen-bond donors (Lipinski definition) is 2. The van der Waals surface area contributed by atoms with Crippen molar-refractivity contribution in [3.63, 3.8) is 0 Å². The second-order valence-electron chi connectivity index (χ2n) is 9.37. The fourth-order valence-corrected chi connectivity index (χ4v) is 5.73. The summed E-state index contributed by atoms with van der Waals surface area (Å²) in [4.78, 5) is 20.9. The van der Waals surface area contributed by atoms with Crippen molar-refractivity contribution >= 4 is 31.6 Å². The molecule has 1 saturated heterocycles. The molecule has 3 heterocycles. The molecule has 238 valence electrons. The van der Waals surface area contributed by atoms with Gasteiger partial charge in [-0.15, -0.1) is 0 Å². The number of rotatable bonds is 17. The summed E-state index contributed by atoms with van der Waals surface area (Å²) in [6.07, 6.45) is 7.11. The van der Waals surface area contributed by atoms with Crippen LogP contribution >= 0.6 is 7.75 Å². The minimum atomic E-state index is -3.87. The van der Waals surface area contributed by atoms with Gasteiger partial charge in [-0.1, -0.05) is 49.6 Å². The van der Waals surface area contributed by atoms with E-state index >= 15 is 0 Å². The van der Waals surface area contributed by atoms with E-state index < -0.39 is 20.1 Å². The number of para-hydroxylation sites is 1. The summed E-state index contributed by atoms with van der Waals surface area (Å²) in [7, 11) is -0.734. The third kappa shape index (κ3) is 9.29. The van der Waals surface area contributed by atoms with Gasteiger partial charge in [-0.05, 0) is 30.5 Å². The highest BCUT2D eigenvalue weighted by molar-refractivity contribution is 7.52. The van der Waals surface area contributed by atoms with Gasteiger partial charge in [0.2, 0.25) is 11.8 Å². The van der Waals surface area contributed by atoms with Gasteiger partial charge in [0.25, 0.3) is 0 Å². The zero-order chi connectivity index (χ0) is 32.0. The second-order valence-corrected chi connectivity index (χ2v) is 11.1. The molecule has 1 aliphatic heterocycles. The number of benzene rings is 1. The Morgan fingerprint density at radius 2 is 2.00 bits per heavy atom. The minimum absolute atomic E-state index is 0.0119. The molecule has 14 nitrogen and oxygen atoms in total. The second kappa shape index (κ2) is 17.4. The summed E-state index contributed by atoms with van der Waals surface area (Å²) in [6, 6.07) is 8.77. The molecule has 2 aromatic heterocycles. The Balaban J connectivity index is 0.00000259. The maximum absolute atomic E-state index is 13.8. The average molecular weight is 631 g/mol. The third-order valence-electron chi connectivity index (χ3n) is 6.49. The largest absolute Gasteiger partial charge is 0.479 e. The number of ether oxygens (including phenoxy) is 4. The molecule has 0 spiro atoms. The number of carbonyl (C=O) groups excluding carboxylic acids is 1. The molecule has 4 atom stereocenters. The van der Waals surface area contributed by atoms with Crippen LogP contribution in [0.1, 0.15) is 19.1 Å². The molecule has 1 fully saturated rings. The fourth-order valence-electron chi connectivity index (χ4n) is 4.51. The number of allylic oxidation sites excluding steroid dienone is 2. The molecule has 3 aromatic rings. The first-order valence-corrected chi connectivity index (χ1v) is 15.2. The lowest BCUT2D eigenvalue weighted by Gasteiger charge is -2.22. The van der Waals surface area contributed by atoms with Crippen LogP contribution in [0.2, 0.25) is 0 Å². The first-order valence-electron chi connectivity index (χ1n) is 13.6. The van der Waals surface area contributed by atoms with E-state index in [0.29, 0.717) is 36.4 Å². The van der Waals surface area contributed by atoms with Gasteiger partial charge in [0, 0.05) is 19.6 Å². The molecule has 0 aliphatic carbocycles. The summed E-state index contributed by atoms with van der Waals surface area (Å²) in [5, 5.41) is 2.78. The van der Waals surface area contributed by atoms with Crippen molar-refractivity contribution in [1.29, 1.82) is 0 Å². The molecule has 1 aromatic carbocycles. The van der Waals surface area contributed by atoms with Crippen LogP contribution in [0, 0.1) is 5.92 Å². The molecule has 3 N–H and O–H groups in total. The molecule has 4 rings (SSSR count). The molecular weight excluding hydrogens is 591 g/mol. The van der Waals surface area contributed by atoms with Crippen molar-refractivity contribution in [2.45, 2.75) is 25.2 Å². The van der Waals surface area contributed by atoms with Crippen LogP contribution in [0.4, 0.5) is 5.95 Å². The van der Waals surface area contributed by atoms with E-state index in [1.807, 2.05) is 12.9 Å². The maximum Gasteiger partial charge on any atom is 0.460 e. The van der Waals surface area contributed by atoms with E-state index in [2.05, 4.69) is 33.2 Å². The number of imidazole rings is 1. The van der Waals surface area contributed by atoms with Gasteiger partial charge in [-0.3, -0.25) is 9.09 Å². The Hall–Kier alpha value is -3.91. The fraction of sp³-hybridized carbons (Fsp3) is 0.379. The number of carbonyl (C=O) groups is 1. The normalized spacial score (nSPS) is 19.5. The number of nitrogen functional groups attached to an aromatic ring is 1. The van der Waals surface area contributed by atoms with Gasteiger partial charge in [0.05, 0.1) is 32.8 Å². The smallest absolute Gasteiger partial charge is 0.460 e. The van der Waals surface area contributed by atoms with Crippen LogP contribution in [-0.4, -0.2) is 73.2 Å². The summed E-state index contributed by atoms with van der Waals surface area (Å²) >= 11 is 0. The van der Waals surface area contributed by atoms with Crippen molar-refractivity contribution < 1.29 is 37.4 Å². The molecular formula is C29H39N6O8P. The first kappa shape index (κ1) is 34.6. The monoisotopic (exact) mass is 630 g/mol. The zero-order valence-electron chi connectivity index (χ0n) is 24.9. The van der Waals surface area contributed by atoms with Gasteiger partial charge in [-0.2, -0.15) is 15.1 Å². The van der Waals surface area contributed by atoms with Crippen LogP contribution in [-0.2, 0) is 28.1 Å². The van der Waals surface area contributed by atoms with Gasteiger partial charge in [0.1, 0.15) is 25.5 Å². The van der Waals surface area contributed by atoms with E-state index in [-0.39, 0.29) is 37.7 Å². The number of nitrogens with zero attached hydrogens (tertiary/aromatic N) is 4. The third-order valence-corrected chi connectivity index (χ3v) is 7.95. The Morgan fingerprint density at radius 1 is 1.23 bits per heavy atom. The Kier molecular flexibility index (Phi) is 13.7. The van der Waals surface area contributed by atoms with Crippen molar-refractivity contribution in [2.75, 3.05) is 46.5 Å². The minimum Gasteiger partial charge on any atom is -0.479 e. The van der Waals surface area contributed by atoms with Crippen LogP contribution in [0.25, 0.3) is 11.2 Å². The Morgan fingerprint density at radius 3 is 2.68 bits per heavy atom. The summed E-state index contributed by atoms with van der Waals surface area (Å²) in [5.74, 6) is 0.721.